The van der Waals surface area contributed by atoms with E-state index in [1.165, 1.54) is 6.42 Å². The molecule has 1 aliphatic carbocycles. The van der Waals surface area contributed by atoms with E-state index >= 15 is 0 Å². The summed E-state index contributed by atoms with van der Waals surface area (Å²) in [5.41, 5.74) is 1.56. The number of anilines is 1. The molecule has 3 atom stereocenters. The van der Waals surface area contributed by atoms with Crippen LogP contribution in [0.3, 0.4) is 0 Å². The van der Waals surface area contributed by atoms with Crippen LogP contribution < -0.4 is 10.1 Å². The standard InChI is InChI=1S/C31H41N3O5/c1-21-18-34(30(36)24-13-9-6-10-14-24)22(2)20-39-27-16-15-25(32-29(35)23-11-7-5-8-12-23)17-26(27)31(37)33(3)19-28(21)38-4/h6,9-10,13-17,21-23,28H,5,7-8,11-12,18-20H2,1-4H3,(H,32,35)/t21-,22-,28-/m1/s1. The first-order valence-electron chi connectivity index (χ1n) is 14.0. The van der Waals surface area contributed by atoms with Crippen LogP contribution in [-0.2, 0) is 9.53 Å². The van der Waals surface area contributed by atoms with Crippen LogP contribution in [0, 0.1) is 11.8 Å². The van der Waals surface area contributed by atoms with Crippen molar-refractivity contribution in [3.05, 3.63) is 59.7 Å². The Hall–Kier alpha value is -3.39. The van der Waals surface area contributed by atoms with Gasteiger partial charge < -0.3 is 24.6 Å². The zero-order chi connectivity index (χ0) is 27.9. The highest BCUT2D eigenvalue weighted by Crippen LogP contribution is 2.29. The fourth-order valence-electron chi connectivity index (χ4n) is 5.49. The Labute approximate surface area is 231 Å². The van der Waals surface area contributed by atoms with Crippen molar-refractivity contribution in [2.24, 2.45) is 11.8 Å². The van der Waals surface area contributed by atoms with Gasteiger partial charge in [-0.2, -0.15) is 0 Å². The van der Waals surface area contributed by atoms with Gasteiger partial charge in [-0.1, -0.05) is 44.4 Å². The molecule has 2 aromatic rings. The second kappa shape index (κ2) is 13.1. The topological polar surface area (TPSA) is 88.2 Å². The number of ether oxygens (including phenoxy) is 2. The van der Waals surface area contributed by atoms with Crippen molar-refractivity contribution in [2.45, 2.75) is 58.1 Å². The molecule has 2 aliphatic rings. The highest BCUT2D eigenvalue weighted by atomic mass is 16.5. The number of amides is 3. The molecule has 0 bridgehead atoms. The van der Waals surface area contributed by atoms with Crippen LogP contribution in [0.15, 0.2) is 48.5 Å². The first-order valence-corrected chi connectivity index (χ1v) is 14.0. The van der Waals surface area contributed by atoms with E-state index in [0.717, 1.165) is 25.7 Å². The molecule has 1 N–H and O–H groups in total. The fraction of sp³-hybridized carbons (Fsp3) is 0.516. The third kappa shape index (κ3) is 6.98. The summed E-state index contributed by atoms with van der Waals surface area (Å²) in [6.45, 7) is 4.99. The zero-order valence-electron chi connectivity index (χ0n) is 23.5. The highest BCUT2D eigenvalue weighted by Gasteiger charge is 2.31. The summed E-state index contributed by atoms with van der Waals surface area (Å²) in [6.07, 6.45) is 4.83. The van der Waals surface area contributed by atoms with Gasteiger partial charge in [0.1, 0.15) is 12.4 Å². The van der Waals surface area contributed by atoms with Crippen LogP contribution in [0.4, 0.5) is 5.69 Å². The normalized spacial score (nSPS) is 23.2. The van der Waals surface area contributed by atoms with Gasteiger partial charge in [-0.15, -0.1) is 0 Å². The van der Waals surface area contributed by atoms with E-state index in [9.17, 15) is 14.4 Å². The summed E-state index contributed by atoms with van der Waals surface area (Å²) in [4.78, 5) is 43.5. The van der Waals surface area contributed by atoms with Gasteiger partial charge in [0.15, 0.2) is 0 Å². The van der Waals surface area contributed by atoms with Gasteiger partial charge in [-0.05, 0) is 50.1 Å². The summed E-state index contributed by atoms with van der Waals surface area (Å²) in [7, 11) is 3.37. The molecule has 3 amide bonds. The molecule has 1 heterocycles. The van der Waals surface area contributed by atoms with Crippen molar-refractivity contribution < 1.29 is 23.9 Å². The molecule has 1 saturated carbocycles. The van der Waals surface area contributed by atoms with Crippen LogP contribution in [0.1, 0.15) is 66.7 Å². The maximum Gasteiger partial charge on any atom is 0.257 e. The van der Waals surface area contributed by atoms with Gasteiger partial charge in [-0.3, -0.25) is 14.4 Å². The highest BCUT2D eigenvalue weighted by molar-refractivity contribution is 6.00. The Balaban J connectivity index is 1.62. The number of benzene rings is 2. The second-order valence-corrected chi connectivity index (χ2v) is 11.0. The van der Waals surface area contributed by atoms with E-state index in [2.05, 4.69) is 5.32 Å². The van der Waals surface area contributed by atoms with Gasteiger partial charge in [0.05, 0.1) is 17.7 Å². The molecule has 39 heavy (non-hydrogen) atoms. The van der Waals surface area contributed by atoms with Gasteiger partial charge in [0.25, 0.3) is 11.8 Å². The molecule has 4 rings (SSSR count). The van der Waals surface area contributed by atoms with Crippen molar-refractivity contribution in [1.29, 1.82) is 0 Å². The zero-order valence-corrected chi connectivity index (χ0v) is 23.5. The van der Waals surface area contributed by atoms with E-state index in [1.54, 1.807) is 37.3 Å². The van der Waals surface area contributed by atoms with Crippen molar-refractivity contribution >= 4 is 23.4 Å². The summed E-state index contributed by atoms with van der Waals surface area (Å²) in [6, 6.07) is 14.2. The number of rotatable bonds is 4. The molecule has 8 heteroatoms. The van der Waals surface area contributed by atoms with E-state index in [-0.39, 0.29) is 48.3 Å². The summed E-state index contributed by atoms with van der Waals surface area (Å²) in [5.74, 6) is 0.104. The number of likely N-dealkylation sites (N-methyl/N-ethyl adjacent to an activating group) is 1. The minimum absolute atomic E-state index is 0.00138. The van der Waals surface area contributed by atoms with Crippen molar-refractivity contribution in [2.75, 3.05) is 39.2 Å². The molecule has 1 aliphatic heterocycles. The van der Waals surface area contributed by atoms with Gasteiger partial charge >= 0.3 is 0 Å². The predicted molar refractivity (Wildman–Crippen MR) is 151 cm³/mol. The van der Waals surface area contributed by atoms with Gasteiger partial charge in [0, 0.05) is 50.3 Å². The molecule has 0 spiro atoms. The number of carbonyl (C=O) groups is 3. The lowest BCUT2D eigenvalue weighted by atomic mass is 9.88. The smallest absolute Gasteiger partial charge is 0.257 e. The average molecular weight is 536 g/mol. The van der Waals surface area contributed by atoms with Gasteiger partial charge in [0.2, 0.25) is 5.91 Å². The third-order valence-corrected chi connectivity index (χ3v) is 7.97. The lowest BCUT2D eigenvalue weighted by Gasteiger charge is -2.36. The summed E-state index contributed by atoms with van der Waals surface area (Å²) in [5, 5.41) is 3.02. The molecule has 0 radical (unpaired) electrons. The van der Waals surface area contributed by atoms with Crippen molar-refractivity contribution in [1.82, 2.24) is 9.80 Å². The van der Waals surface area contributed by atoms with E-state index in [0.29, 0.717) is 35.7 Å². The average Bonchev–Trinajstić information content (AvgIpc) is 2.97. The Bertz CT molecular complexity index is 1150. The molecular weight excluding hydrogens is 494 g/mol. The van der Waals surface area contributed by atoms with Crippen LogP contribution in [-0.4, -0.2) is 73.5 Å². The second-order valence-electron chi connectivity index (χ2n) is 11.0. The lowest BCUT2D eigenvalue weighted by molar-refractivity contribution is -0.120. The minimum atomic E-state index is -0.282. The maximum atomic E-state index is 13.6. The van der Waals surface area contributed by atoms with Crippen LogP contribution in [0.5, 0.6) is 5.75 Å². The molecule has 210 valence electrons. The first-order chi connectivity index (χ1) is 18.8. The minimum Gasteiger partial charge on any atom is -0.491 e. The summed E-state index contributed by atoms with van der Waals surface area (Å²) >= 11 is 0. The predicted octanol–water partition coefficient (Wildman–Crippen LogP) is 4.85. The molecule has 8 nitrogen and oxygen atoms in total. The Morgan fingerprint density at radius 2 is 1.72 bits per heavy atom. The lowest BCUT2D eigenvalue weighted by Crippen LogP contribution is -2.48. The third-order valence-electron chi connectivity index (χ3n) is 7.97. The summed E-state index contributed by atoms with van der Waals surface area (Å²) < 4.78 is 12.0. The number of nitrogens with zero attached hydrogens (tertiary/aromatic N) is 2. The first kappa shape index (κ1) is 28.6. The number of hydrogen-bond donors (Lipinski definition) is 1. The number of fused-ring (bicyclic) bond motifs is 1. The maximum absolute atomic E-state index is 13.6. The largest absolute Gasteiger partial charge is 0.491 e. The molecule has 0 unspecified atom stereocenters. The fourth-order valence-corrected chi connectivity index (χ4v) is 5.49. The number of carbonyl (C=O) groups excluding carboxylic acids is 3. The molecule has 0 saturated heterocycles. The SMILES string of the molecule is CO[C@@H]1CN(C)C(=O)c2cc(NC(=O)C3CCCCC3)ccc2OC[C@@H](C)N(C(=O)c2ccccc2)C[C@H]1C. The van der Waals surface area contributed by atoms with Gasteiger partial charge in [-0.25, -0.2) is 0 Å². The quantitative estimate of drug-likeness (QED) is 0.605. The Morgan fingerprint density at radius 3 is 2.41 bits per heavy atom. The van der Waals surface area contributed by atoms with E-state index in [4.69, 9.17) is 9.47 Å². The van der Waals surface area contributed by atoms with Crippen LogP contribution in [0.2, 0.25) is 0 Å². The number of hydrogen-bond acceptors (Lipinski definition) is 5. The van der Waals surface area contributed by atoms with Crippen molar-refractivity contribution in [3.8, 4) is 5.75 Å². The van der Waals surface area contributed by atoms with Crippen LogP contribution >= 0.6 is 0 Å². The molecular formula is C31H41N3O5. The number of methoxy groups -OCH3 is 1. The van der Waals surface area contributed by atoms with E-state index < -0.39 is 0 Å². The monoisotopic (exact) mass is 535 g/mol. The molecule has 0 aromatic heterocycles. The van der Waals surface area contributed by atoms with E-state index in [1.807, 2.05) is 49.1 Å². The number of nitrogens with one attached hydrogen (secondary N) is 1. The van der Waals surface area contributed by atoms with Crippen LogP contribution in [0.25, 0.3) is 0 Å². The molecule has 1 fully saturated rings. The van der Waals surface area contributed by atoms with Crippen molar-refractivity contribution in [3.63, 3.8) is 0 Å². The Morgan fingerprint density at radius 1 is 1.00 bits per heavy atom. The molecule has 2 aromatic carbocycles. The Kier molecular flexibility index (Phi) is 9.62.